The molecule has 0 bridgehead atoms. The first-order valence-electron chi connectivity index (χ1n) is 36.7. The van der Waals surface area contributed by atoms with Crippen molar-refractivity contribution in [3.8, 4) is 28.7 Å². The number of hydrogen-bond acceptors (Lipinski definition) is 25. The fourth-order valence-electron chi connectivity index (χ4n) is 8.71. The molecule has 1 amide bonds. The Labute approximate surface area is 724 Å². The van der Waals surface area contributed by atoms with Crippen molar-refractivity contribution in [1.82, 2.24) is 49.3 Å². The summed E-state index contributed by atoms with van der Waals surface area (Å²) in [7, 11) is 1.75. The standard InChI is InChI=1S/C20H20N4O2.C15H16N2O3.C14H14N2O3.C12H12N2O2.C8H9BrO.C6H8N2.C5H11O5P.C4H4N2O.Na.H2O.2H2/c21-18-8-4-5-9-19(18)23-20(25)11-10-16-14-22-24(15-16)12-13-26-17-6-2-1-3-7-17;1-19-15(18)8-7-13-11-16-17(12-13)9-10-20-14-5-3-2-4-6-14;17-14(18)7-6-12-10-15-16(11-12)8-9-19-13-4-2-1-3-5-13;15-10-11-8-13-14(9-11)6-7-16-12-4-2-1-3-5-12;9-6-7-10-8-4-2-1-3-5-8;7-5-3-1-2-4-6(5)8;1-8-5(6)4-11(7,9-2)10-3;7-3-4-1-5-6-2-4;;;;/h1-11,14-15H,12-13,21H2,(H,23,25);2-8,11-12H,9-10H2,1H3;1-7,10-11H,8-9H2,(H,17,18);1-5,8-10H,6-7H2;1-5H,6-7H2;1-4H,7-8H2;4H2,1-3H3;1-3H,(H,5,6);;1H2;2*1H/q;;;;;;;;+1;;;/p-1/b11-10+;8-7+;7-6+;;;;;;;;;/i;;;;;;;;;;1+1D;1+1. The summed E-state index contributed by atoms with van der Waals surface area (Å²) in [6, 6.07) is 62.6. The number of ether oxygens (including phenoxy) is 7. The average Bonchev–Trinajstić information content (AvgIpc) is 1.64. The third-order valence-corrected chi connectivity index (χ3v) is 16.7. The average molecular weight is 1730 g/mol. The number of aromatic amines is 1. The minimum atomic E-state index is -3.23. The largest absolute Gasteiger partial charge is 1.00 e. The molecule has 5 heterocycles. The molecule has 5 aromatic heterocycles. The second kappa shape index (κ2) is 60.5. The van der Waals surface area contributed by atoms with Gasteiger partial charge in [-0.15, -0.1) is 0 Å². The van der Waals surface area contributed by atoms with E-state index in [-0.39, 0.29) is 54.5 Å². The van der Waals surface area contributed by atoms with Gasteiger partial charge < -0.3 is 75.3 Å². The topological polar surface area (TPSA) is 443 Å². The number of carbonyl (C=O) groups excluding carboxylic acids is 5. The van der Waals surface area contributed by atoms with E-state index in [1.807, 2.05) is 188 Å². The number of carboxylic acids is 1. The monoisotopic (exact) mass is 1730 g/mol. The Kier molecular flexibility index (Phi) is 50.0. The molecule has 0 aliphatic carbocycles. The van der Waals surface area contributed by atoms with Crippen LogP contribution in [0.4, 0.5) is 22.7 Å². The van der Waals surface area contributed by atoms with E-state index in [0.717, 1.165) is 76.0 Å². The number of carbonyl (C=O) groups is 6. The van der Waals surface area contributed by atoms with E-state index < -0.39 is 19.5 Å². The normalized spacial score (nSPS) is 10.2. The second-order valence-corrected chi connectivity index (χ2v) is 26.2. The Morgan fingerprint density at radius 3 is 1.11 bits per heavy atom. The molecule has 32 nitrogen and oxygen atoms in total. The molecule has 0 radical (unpaired) electrons. The van der Waals surface area contributed by atoms with E-state index in [1.54, 1.807) is 86.1 Å². The zero-order valence-electron chi connectivity index (χ0n) is 68.2. The van der Waals surface area contributed by atoms with E-state index in [4.69, 9.17) is 49.0 Å². The van der Waals surface area contributed by atoms with Crippen LogP contribution >= 0.6 is 23.5 Å². The minimum absolute atomic E-state index is 0. The third kappa shape index (κ3) is 44.6. The van der Waals surface area contributed by atoms with E-state index >= 15 is 0 Å². The number of anilines is 4. The quantitative estimate of drug-likeness (QED) is 0.00434. The summed E-state index contributed by atoms with van der Waals surface area (Å²) in [6.45, 7) is 5.31. The van der Waals surface area contributed by atoms with Crippen LogP contribution in [-0.2, 0) is 68.4 Å². The van der Waals surface area contributed by atoms with Crippen molar-refractivity contribution >= 4 is 101 Å². The summed E-state index contributed by atoms with van der Waals surface area (Å²) >= 11 is 3.28. The molecule has 0 unspecified atom stereocenters. The summed E-state index contributed by atoms with van der Waals surface area (Å²) in [6.07, 6.45) is 26.6. The number of halogens is 1. The van der Waals surface area contributed by atoms with Crippen molar-refractivity contribution in [2.75, 3.05) is 95.5 Å². The number of esters is 2. The van der Waals surface area contributed by atoms with Crippen molar-refractivity contribution in [3.63, 3.8) is 0 Å². The molecule has 0 aliphatic heterocycles. The van der Waals surface area contributed by atoms with E-state index in [0.29, 0.717) is 86.5 Å². The SMILES string of the molecule is BrCCOc1ccccc1.COC(=O)/C=C/c1cnn(CCOc2ccccc2)c1.COC(=O)CP(=O)(OC)OC.Nc1ccccc1N.Nc1ccccc1NC(=O)/C=C/c1cnn(CCOc2ccccc2)c1.O=C(O)/C=C/c1cnn(CCOc2ccccc2)c1.O=Cc1cn[nH]c1.O=Cc1cnn(CCOc2ccccc2)c1.[2HH].[2H][2H].[Na+].[OH-]. The van der Waals surface area contributed by atoms with Gasteiger partial charge in [-0.25, -0.2) is 9.59 Å². The first-order chi connectivity index (χ1) is 57.8. The number of aldehydes is 2. The van der Waals surface area contributed by atoms with Gasteiger partial charge in [0.05, 0.1) is 112 Å². The number of nitrogen functional groups attached to an aromatic ring is 3. The van der Waals surface area contributed by atoms with E-state index in [2.05, 4.69) is 70.4 Å². The van der Waals surface area contributed by atoms with Gasteiger partial charge in [-0.3, -0.25) is 47.6 Å². The molecule has 0 spiro atoms. The van der Waals surface area contributed by atoms with E-state index in [1.165, 1.54) is 65.3 Å². The van der Waals surface area contributed by atoms with Crippen LogP contribution in [0.25, 0.3) is 18.2 Å². The number of aromatic nitrogens is 10. The van der Waals surface area contributed by atoms with Crippen LogP contribution in [0.15, 0.2) is 280 Å². The summed E-state index contributed by atoms with van der Waals surface area (Å²) in [5, 5.41) is 34.8. The summed E-state index contributed by atoms with van der Waals surface area (Å²) in [4.78, 5) is 64.1. The molecule has 0 aliphatic rings. The number of nitrogens with two attached hydrogens (primary N) is 3. The fourth-order valence-corrected chi connectivity index (χ4v) is 9.73. The molecule has 119 heavy (non-hydrogen) atoms. The number of benzene rings is 7. The first kappa shape index (κ1) is 98.4. The Balaban J connectivity index is 0.000000714. The number of H-pyrrole nitrogens is 1. The van der Waals surface area contributed by atoms with Crippen LogP contribution in [0.2, 0.25) is 0 Å². The van der Waals surface area contributed by atoms with Gasteiger partial charge in [-0.1, -0.05) is 131 Å². The van der Waals surface area contributed by atoms with Crippen LogP contribution in [0.5, 0.6) is 28.7 Å². The molecule has 0 saturated heterocycles. The number of rotatable bonds is 32. The zero-order valence-corrected chi connectivity index (χ0v) is 70.7. The van der Waals surface area contributed by atoms with Gasteiger partial charge in [-0.05, 0) is 103 Å². The number of para-hydroxylation sites is 9. The molecule has 12 aromatic rings. The molecule has 12 rings (SSSR count). The van der Waals surface area contributed by atoms with Crippen LogP contribution in [0, 0.1) is 0 Å². The van der Waals surface area contributed by atoms with Crippen LogP contribution in [0.1, 0.15) is 41.8 Å². The number of nitrogens with one attached hydrogen (secondary N) is 2. The predicted octanol–water partition coefficient (Wildman–Crippen LogP) is 10.7. The maximum absolute atomic E-state index is 12.0. The number of carboxylic acid groups (broad SMARTS) is 1. The van der Waals surface area contributed by atoms with Gasteiger partial charge in [0.1, 0.15) is 61.3 Å². The smallest absolute Gasteiger partial charge is 0.870 e. The fraction of sp³-hybridized carbons (Fsp3) is 0.179. The van der Waals surface area contributed by atoms with Gasteiger partial charge >= 0.3 is 55.1 Å². The Morgan fingerprint density at radius 1 is 0.471 bits per heavy atom. The second-order valence-electron chi connectivity index (χ2n) is 23.2. The Bertz CT molecular complexity index is 4900. The number of methoxy groups -OCH3 is 2. The van der Waals surface area contributed by atoms with Crippen molar-refractivity contribution in [2.24, 2.45) is 0 Å². The molecule has 35 heteroatoms. The van der Waals surface area contributed by atoms with Gasteiger partial charge in [0.2, 0.25) is 5.91 Å². The van der Waals surface area contributed by atoms with Crippen molar-refractivity contribution in [1.29, 1.82) is 0 Å². The van der Waals surface area contributed by atoms with Gasteiger partial charge in [0, 0.05) is 89.8 Å². The van der Waals surface area contributed by atoms with Crippen LogP contribution < -0.4 is 75.8 Å². The summed E-state index contributed by atoms with van der Waals surface area (Å²) in [5.74, 6) is 2.04. The third-order valence-electron chi connectivity index (χ3n) is 14.6. The molecule has 10 N–H and O–H groups in total. The van der Waals surface area contributed by atoms with Crippen LogP contribution in [0.3, 0.4) is 0 Å². The molecule has 0 atom stereocenters. The van der Waals surface area contributed by atoms with Crippen LogP contribution in [-0.4, -0.2) is 169 Å². The number of alkyl halides is 1. The molecule has 0 fully saturated rings. The first-order valence-corrected chi connectivity index (χ1v) is 38.5. The van der Waals surface area contributed by atoms with E-state index in [9.17, 15) is 33.3 Å². The molecule has 7 aromatic carbocycles. The molecular weight excluding hydrogens is 1630 g/mol. The van der Waals surface area contributed by atoms with Gasteiger partial charge in [0.25, 0.3) is 0 Å². The van der Waals surface area contributed by atoms with Crippen molar-refractivity contribution < 1.29 is 120 Å². The molecule has 0 saturated carbocycles. The van der Waals surface area contributed by atoms with Gasteiger partial charge in [0.15, 0.2) is 12.6 Å². The number of nitrogens with zero attached hydrogens (tertiary/aromatic N) is 9. The number of amides is 1. The maximum Gasteiger partial charge on any atom is 1.00 e. The molecular formula is C84H99BrN14NaO18P. The predicted molar refractivity (Wildman–Crippen MR) is 458 cm³/mol. The maximum atomic E-state index is 12.0. The minimum Gasteiger partial charge on any atom is -0.870 e. The van der Waals surface area contributed by atoms with Crippen molar-refractivity contribution in [3.05, 3.63) is 308 Å². The van der Waals surface area contributed by atoms with Crippen molar-refractivity contribution in [2.45, 2.75) is 26.2 Å². The Morgan fingerprint density at radius 2 is 0.807 bits per heavy atom. The van der Waals surface area contributed by atoms with Gasteiger partial charge in [-0.2, -0.15) is 25.5 Å². The number of hydrogen-bond donors (Lipinski definition) is 6. The summed E-state index contributed by atoms with van der Waals surface area (Å²) in [5.41, 5.74) is 22.6. The molecule has 626 valence electrons. The summed E-state index contributed by atoms with van der Waals surface area (Å²) < 4.78 is 73.5. The number of aliphatic carboxylic acids is 1. The Hall–Kier alpha value is -13.0. The zero-order chi connectivity index (χ0) is 86.4.